The largest absolute Gasteiger partial charge is 0.496 e. The van der Waals surface area contributed by atoms with Crippen LogP contribution in [0, 0.1) is 5.82 Å². The van der Waals surface area contributed by atoms with Gasteiger partial charge in [-0.15, -0.1) is 0 Å². The fraction of sp³-hybridized carbons (Fsp3) is 0.250. The van der Waals surface area contributed by atoms with Crippen molar-refractivity contribution in [3.63, 3.8) is 0 Å². The van der Waals surface area contributed by atoms with Gasteiger partial charge in [-0.2, -0.15) is 5.10 Å². The highest BCUT2D eigenvalue weighted by Gasteiger charge is 2.26. The maximum atomic E-state index is 14.1. The van der Waals surface area contributed by atoms with Gasteiger partial charge in [0.15, 0.2) is 5.82 Å². The molecule has 1 unspecified atom stereocenters. The van der Waals surface area contributed by atoms with E-state index >= 15 is 0 Å². The lowest BCUT2D eigenvalue weighted by atomic mass is 9.99. The standard InChI is InChI=1S/C24H23FN6O3/c1-33-21-16(9-17(25)10-18(21)23(27)32)8-13-2-4-14(5-3-13)19-20-22(26)28-12-29-31(20)24(30-19)15-6-7-34-11-15/h2-5,9-10,12,15H,6-8,11H2,1H3,(H2,27,32)(H2,26,28,29). The first kappa shape index (κ1) is 21.8. The molecule has 1 atom stereocenters. The van der Waals surface area contributed by atoms with Crippen molar-refractivity contribution in [2.24, 2.45) is 5.73 Å². The second kappa shape index (κ2) is 8.71. The normalized spacial score (nSPS) is 15.6. The molecule has 2 aromatic carbocycles. The van der Waals surface area contributed by atoms with Crippen molar-refractivity contribution >= 4 is 17.2 Å². The van der Waals surface area contributed by atoms with Crippen molar-refractivity contribution in [3.8, 4) is 17.0 Å². The molecule has 174 valence electrons. The summed E-state index contributed by atoms with van der Waals surface area (Å²) in [6.45, 7) is 1.27. The van der Waals surface area contributed by atoms with Crippen molar-refractivity contribution in [1.29, 1.82) is 0 Å². The molecule has 2 aromatic heterocycles. The SMILES string of the molecule is COc1c(Cc2ccc(-c3nc(C4CCOC4)n4ncnc(N)c34)cc2)cc(F)cc1C(N)=O. The first-order chi connectivity index (χ1) is 16.5. The zero-order chi connectivity index (χ0) is 23.8. The van der Waals surface area contributed by atoms with Gasteiger partial charge in [-0.1, -0.05) is 24.3 Å². The summed E-state index contributed by atoms with van der Waals surface area (Å²) in [6, 6.07) is 10.1. The van der Waals surface area contributed by atoms with Gasteiger partial charge < -0.3 is 20.9 Å². The number of methoxy groups -OCH3 is 1. The van der Waals surface area contributed by atoms with Gasteiger partial charge in [0.1, 0.15) is 34.9 Å². The number of aromatic nitrogens is 4. The van der Waals surface area contributed by atoms with E-state index in [1.807, 2.05) is 24.3 Å². The monoisotopic (exact) mass is 462 g/mol. The van der Waals surface area contributed by atoms with Crippen LogP contribution in [0.2, 0.25) is 0 Å². The highest BCUT2D eigenvalue weighted by molar-refractivity contribution is 5.96. The predicted octanol–water partition coefficient (Wildman–Crippen LogP) is 2.71. The van der Waals surface area contributed by atoms with Crippen LogP contribution in [0.4, 0.5) is 10.2 Å². The van der Waals surface area contributed by atoms with Crippen LogP contribution in [0.3, 0.4) is 0 Å². The number of hydrogen-bond donors (Lipinski definition) is 2. The van der Waals surface area contributed by atoms with Gasteiger partial charge in [-0.25, -0.2) is 18.9 Å². The van der Waals surface area contributed by atoms with Crippen LogP contribution < -0.4 is 16.2 Å². The highest BCUT2D eigenvalue weighted by Crippen LogP contribution is 2.33. The number of primary amides is 1. The number of carbonyl (C=O) groups excluding carboxylic acids is 1. The van der Waals surface area contributed by atoms with E-state index in [4.69, 9.17) is 25.9 Å². The average molecular weight is 462 g/mol. The summed E-state index contributed by atoms with van der Waals surface area (Å²) in [6.07, 6.45) is 2.63. The number of hydrogen-bond acceptors (Lipinski definition) is 7. The third-order valence-electron chi connectivity index (χ3n) is 6.00. The molecule has 0 spiro atoms. The quantitative estimate of drug-likeness (QED) is 0.450. The van der Waals surface area contributed by atoms with Gasteiger partial charge in [-0.3, -0.25) is 4.79 Å². The number of halogens is 1. The minimum atomic E-state index is -0.747. The first-order valence-electron chi connectivity index (χ1n) is 10.8. The number of amides is 1. The number of ether oxygens (including phenoxy) is 2. The number of nitrogen functional groups attached to an aromatic ring is 1. The van der Waals surface area contributed by atoms with Crippen molar-refractivity contribution < 1.29 is 18.7 Å². The van der Waals surface area contributed by atoms with Crippen LogP contribution in [0.1, 0.15) is 39.6 Å². The summed E-state index contributed by atoms with van der Waals surface area (Å²) in [5, 5.41) is 4.38. The van der Waals surface area contributed by atoms with Gasteiger partial charge >= 0.3 is 0 Å². The molecule has 3 heterocycles. The molecule has 1 aliphatic heterocycles. The van der Waals surface area contributed by atoms with E-state index < -0.39 is 11.7 Å². The van der Waals surface area contributed by atoms with E-state index in [0.717, 1.165) is 29.4 Å². The maximum Gasteiger partial charge on any atom is 0.252 e. The lowest BCUT2D eigenvalue weighted by molar-refractivity contribution is 0.0996. The Bertz CT molecular complexity index is 1380. The smallest absolute Gasteiger partial charge is 0.252 e. The Morgan fingerprint density at radius 2 is 2.09 bits per heavy atom. The molecular weight excluding hydrogens is 439 g/mol. The van der Waals surface area contributed by atoms with E-state index in [2.05, 4.69) is 10.1 Å². The molecule has 1 amide bonds. The number of nitrogens with two attached hydrogens (primary N) is 2. The Morgan fingerprint density at radius 3 is 2.76 bits per heavy atom. The van der Waals surface area contributed by atoms with Crippen molar-refractivity contribution in [1.82, 2.24) is 19.6 Å². The topological polar surface area (TPSA) is 131 Å². The van der Waals surface area contributed by atoms with Gasteiger partial charge in [0.05, 0.1) is 19.3 Å². The average Bonchev–Trinajstić information content (AvgIpc) is 3.48. The Balaban J connectivity index is 1.51. The van der Waals surface area contributed by atoms with E-state index in [9.17, 15) is 9.18 Å². The molecule has 9 nitrogen and oxygen atoms in total. The molecule has 1 fully saturated rings. The van der Waals surface area contributed by atoms with Crippen LogP contribution in [-0.4, -0.2) is 45.8 Å². The van der Waals surface area contributed by atoms with E-state index in [-0.39, 0.29) is 17.2 Å². The molecular formula is C24H23FN6O3. The summed E-state index contributed by atoms with van der Waals surface area (Å²) >= 11 is 0. The molecule has 0 radical (unpaired) electrons. The fourth-order valence-corrected chi connectivity index (χ4v) is 4.39. The Morgan fingerprint density at radius 1 is 1.29 bits per heavy atom. The molecule has 4 N–H and O–H groups in total. The molecule has 5 rings (SSSR count). The van der Waals surface area contributed by atoms with Gasteiger partial charge in [0.25, 0.3) is 5.91 Å². The zero-order valence-corrected chi connectivity index (χ0v) is 18.5. The predicted molar refractivity (Wildman–Crippen MR) is 123 cm³/mol. The summed E-state index contributed by atoms with van der Waals surface area (Å²) in [5.74, 6) is 0.244. The third-order valence-corrected chi connectivity index (χ3v) is 6.00. The van der Waals surface area contributed by atoms with Crippen LogP contribution in [-0.2, 0) is 11.2 Å². The molecule has 0 aliphatic carbocycles. The lowest BCUT2D eigenvalue weighted by Gasteiger charge is -2.12. The number of imidazole rings is 1. The van der Waals surface area contributed by atoms with E-state index in [1.165, 1.54) is 19.5 Å². The summed E-state index contributed by atoms with van der Waals surface area (Å²) < 4.78 is 26.7. The first-order valence-corrected chi connectivity index (χ1v) is 10.8. The molecule has 10 heteroatoms. The number of benzene rings is 2. The maximum absolute atomic E-state index is 14.1. The zero-order valence-electron chi connectivity index (χ0n) is 18.5. The molecule has 34 heavy (non-hydrogen) atoms. The van der Waals surface area contributed by atoms with E-state index in [1.54, 1.807) is 4.52 Å². The minimum Gasteiger partial charge on any atom is -0.496 e. The highest BCUT2D eigenvalue weighted by atomic mass is 19.1. The number of fused-ring (bicyclic) bond motifs is 1. The van der Waals surface area contributed by atoms with Gasteiger partial charge in [0.2, 0.25) is 0 Å². The van der Waals surface area contributed by atoms with Crippen LogP contribution in [0.25, 0.3) is 16.8 Å². The Kier molecular flexibility index (Phi) is 5.58. The number of rotatable bonds is 6. The molecule has 0 saturated carbocycles. The van der Waals surface area contributed by atoms with Crippen LogP contribution in [0.5, 0.6) is 5.75 Å². The second-order valence-corrected chi connectivity index (χ2v) is 8.17. The molecule has 1 saturated heterocycles. The summed E-state index contributed by atoms with van der Waals surface area (Å²) in [4.78, 5) is 20.7. The van der Waals surface area contributed by atoms with Gasteiger partial charge in [0, 0.05) is 30.1 Å². The van der Waals surface area contributed by atoms with Crippen LogP contribution >= 0.6 is 0 Å². The van der Waals surface area contributed by atoms with Crippen molar-refractivity contribution in [3.05, 3.63) is 71.1 Å². The molecule has 1 aliphatic rings. The van der Waals surface area contributed by atoms with E-state index in [0.29, 0.717) is 42.2 Å². The number of anilines is 1. The Labute approximate surface area is 194 Å². The van der Waals surface area contributed by atoms with Gasteiger partial charge in [-0.05, 0) is 24.1 Å². The number of carbonyl (C=O) groups is 1. The van der Waals surface area contributed by atoms with Crippen molar-refractivity contribution in [2.75, 3.05) is 26.1 Å². The lowest BCUT2D eigenvalue weighted by Crippen LogP contribution is -2.14. The third kappa shape index (κ3) is 3.81. The second-order valence-electron chi connectivity index (χ2n) is 8.17. The Hall–Kier alpha value is -4.05. The minimum absolute atomic E-state index is 0.0116. The number of nitrogens with zero attached hydrogens (tertiary/aromatic N) is 4. The van der Waals surface area contributed by atoms with Crippen molar-refractivity contribution in [2.45, 2.75) is 18.8 Å². The fourth-order valence-electron chi connectivity index (χ4n) is 4.39. The molecule has 4 aromatic rings. The summed E-state index contributed by atoms with van der Waals surface area (Å²) in [7, 11) is 1.43. The molecule has 0 bridgehead atoms. The summed E-state index contributed by atoms with van der Waals surface area (Å²) in [5.41, 5.74) is 15.2. The van der Waals surface area contributed by atoms with Crippen LogP contribution in [0.15, 0.2) is 42.7 Å².